The molecule has 26 heavy (non-hydrogen) atoms. The molecule has 138 valence electrons. The summed E-state index contributed by atoms with van der Waals surface area (Å²) in [6.45, 7) is 4.07. The SMILES string of the molecule is Clc1ccccc1OC1CCN(c2cc(N3CCCCC3)ncn2)CC1. The number of aromatic nitrogens is 2. The number of para-hydroxylation sites is 1. The van der Waals surface area contributed by atoms with Gasteiger partial charge < -0.3 is 14.5 Å². The highest BCUT2D eigenvalue weighted by Crippen LogP contribution is 2.28. The van der Waals surface area contributed by atoms with Gasteiger partial charge in [-0.1, -0.05) is 23.7 Å². The van der Waals surface area contributed by atoms with E-state index in [1.807, 2.05) is 24.3 Å². The molecule has 0 atom stereocenters. The van der Waals surface area contributed by atoms with Crippen LogP contribution in [0.5, 0.6) is 5.75 Å². The molecule has 2 aliphatic heterocycles. The Morgan fingerprint density at radius 2 is 1.54 bits per heavy atom. The maximum atomic E-state index is 6.20. The van der Waals surface area contributed by atoms with Crippen molar-refractivity contribution in [3.05, 3.63) is 41.7 Å². The maximum Gasteiger partial charge on any atom is 0.138 e. The number of nitrogens with zero attached hydrogens (tertiary/aromatic N) is 4. The summed E-state index contributed by atoms with van der Waals surface area (Å²) in [5, 5.41) is 0.678. The third-order valence-electron chi connectivity index (χ3n) is 5.21. The van der Waals surface area contributed by atoms with Crippen molar-refractivity contribution in [2.24, 2.45) is 0 Å². The second-order valence-corrected chi connectivity index (χ2v) is 7.42. The van der Waals surface area contributed by atoms with Gasteiger partial charge in [0, 0.05) is 45.1 Å². The number of anilines is 2. The molecule has 5 nitrogen and oxygen atoms in total. The molecule has 1 aromatic carbocycles. The van der Waals surface area contributed by atoms with Crippen LogP contribution in [-0.2, 0) is 0 Å². The number of rotatable bonds is 4. The van der Waals surface area contributed by atoms with E-state index in [1.54, 1.807) is 6.33 Å². The van der Waals surface area contributed by atoms with Crippen LogP contribution in [0.4, 0.5) is 11.6 Å². The molecular formula is C20H25ClN4O. The number of hydrogen-bond donors (Lipinski definition) is 0. The lowest BCUT2D eigenvalue weighted by Crippen LogP contribution is -2.39. The fourth-order valence-electron chi connectivity index (χ4n) is 3.73. The van der Waals surface area contributed by atoms with Crippen LogP contribution >= 0.6 is 11.6 Å². The van der Waals surface area contributed by atoms with Gasteiger partial charge in [0.15, 0.2) is 0 Å². The van der Waals surface area contributed by atoms with E-state index >= 15 is 0 Å². The Bertz CT molecular complexity index is 727. The molecule has 0 radical (unpaired) electrons. The van der Waals surface area contributed by atoms with E-state index in [0.717, 1.165) is 56.4 Å². The summed E-state index contributed by atoms with van der Waals surface area (Å²) < 4.78 is 6.09. The molecule has 4 rings (SSSR count). The summed E-state index contributed by atoms with van der Waals surface area (Å²) in [5.74, 6) is 2.86. The van der Waals surface area contributed by atoms with Crippen LogP contribution in [0.3, 0.4) is 0 Å². The van der Waals surface area contributed by atoms with Crippen LogP contribution in [-0.4, -0.2) is 42.3 Å². The highest BCUT2D eigenvalue weighted by atomic mass is 35.5. The predicted molar refractivity (Wildman–Crippen MR) is 105 cm³/mol. The summed E-state index contributed by atoms with van der Waals surface area (Å²) in [4.78, 5) is 13.7. The molecule has 0 spiro atoms. The van der Waals surface area contributed by atoms with E-state index in [-0.39, 0.29) is 6.10 Å². The molecule has 0 N–H and O–H groups in total. The Labute approximate surface area is 160 Å². The zero-order valence-electron chi connectivity index (χ0n) is 15.0. The van der Waals surface area contributed by atoms with Gasteiger partial charge in [0.25, 0.3) is 0 Å². The number of hydrogen-bond acceptors (Lipinski definition) is 5. The topological polar surface area (TPSA) is 41.5 Å². The molecular weight excluding hydrogens is 348 g/mol. The van der Waals surface area contributed by atoms with Gasteiger partial charge in [0.05, 0.1) is 5.02 Å². The molecule has 0 bridgehead atoms. The van der Waals surface area contributed by atoms with Gasteiger partial charge in [-0.25, -0.2) is 9.97 Å². The van der Waals surface area contributed by atoms with Crippen molar-refractivity contribution in [3.63, 3.8) is 0 Å². The minimum absolute atomic E-state index is 0.203. The Morgan fingerprint density at radius 3 is 2.23 bits per heavy atom. The van der Waals surface area contributed by atoms with Crippen LogP contribution in [0.25, 0.3) is 0 Å². The molecule has 6 heteroatoms. The van der Waals surface area contributed by atoms with Gasteiger partial charge in [-0.2, -0.15) is 0 Å². The van der Waals surface area contributed by atoms with Crippen molar-refractivity contribution < 1.29 is 4.74 Å². The Morgan fingerprint density at radius 1 is 0.885 bits per heavy atom. The van der Waals surface area contributed by atoms with E-state index < -0.39 is 0 Å². The highest BCUT2D eigenvalue weighted by molar-refractivity contribution is 6.32. The molecule has 0 unspecified atom stereocenters. The molecule has 2 fully saturated rings. The average Bonchev–Trinajstić information content (AvgIpc) is 2.71. The van der Waals surface area contributed by atoms with E-state index in [1.165, 1.54) is 19.3 Å². The number of piperidine rings is 2. The van der Waals surface area contributed by atoms with Gasteiger partial charge in [0.1, 0.15) is 29.8 Å². The quantitative estimate of drug-likeness (QED) is 0.805. The van der Waals surface area contributed by atoms with Crippen LogP contribution in [0.1, 0.15) is 32.1 Å². The first-order valence-corrected chi connectivity index (χ1v) is 9.90. The summed E-state index contributed by atoms with van der Waals surface area (Å²) in [6.07, 6.45) is 7.67. The maximum absolute atomic E-state index is 6.20. The standard InChI is InChI=1S/C20H25ClN4O/c21-17-6-2-3-7-18(17)26-16-8-12-25(13-9-16)20-14-19(22-15-23-20)24-10-4-1-5-11-24/h2-3,6-7,14-16H,1,4-5,8-13H2. The van der Waals surface area contributed by atoms with Gasteiger partial charge in [0.2, 0.25) is 0 Å². The van der Waals surface area contributed by atoms with E-state index in [4.69, 9.17) is 16.3 Å². The number of ether oxygens (including phenoxy) is 1. The Kier molecular flexibility index (Phi) is 5.44. The lowest BCUT2D eigenvalue weighted by atomic mass is 10.1. The average molecular weight is 373 g/mol. The van der Waals surface area contributed by atoms with Gasteiger partial charge >= 0.3 is 0 Å². The van der Waals surface area contributed by atoms with Crippen molar-refractivity contribution >= 4 is 23.2 Å². The van der Waals surface area contributed by atoms with Gasteiger partial charge in [-0.3, -0.25) is 0 Å². The van der Waals surface area contributed by atoms with Gasteiger partial charge in [-0.15, -0.1) is 0 Å². The largest absolute Gasteiger partial charge is 0.489 e. The fraction of sp³-hybridized carbons (Fsp3) is 0.500. The summed E-state index contributed by atoms with van der Waals surface area (Å²) >= 11 is 6.20. The van der Waals surface area contributed by atoms with Crippen LogP contribution in [0.15, 0.2) is 36.7 Å². The van der Waals surface area contributed by atoms with Crippen molar-refractivity contribution in [2.45, 2.75) is 38.2 Å². The lowest BCUT2D eigenvalue weighted by Gasteiger charge is -2.34. The Balaban J connectivity index is 1.36. The predicted octanol–water partition coefficient (Wildman–Crippen LogP) is 4.17. The molecule has 0 saturated carbocycles. The molecule has 0 aliphatic carbocycles. The van der Waals surface area contributed by atoms with Gasteiger partial charge in [-0.05, 0) is 31.4 Å². The van der Waals surface area contributed by atoms with E-state index in [0.29, 0.717) is 5.02 Å². The third kappa shape index (κ3) is 4.04. The van der Waals surface area contributed by atoms with Crippen LogP contribution in [0, 0.1) is 0 Å². The van der Waals surface area contributed by atoms with Crippen LogP contribution < -0.4 is 14.5 Å². The molecule has 1 aromatic heterocycles. The lowest BCUT2D eigenvalue weighted by molar-refractivity contribution is 0.171. The molecule has 0 amide bonds. The normalized spacial score (nSPS) is 18.8. The van der Waals surface area contributed by atoms with Crippen molar-refractivity contribution in [2.75, 3.05) is 36.0 Å². The summed E-state index contributed by atoms with van der Waals surface area (Å²) in [6, 6.07) is 9.83. The highest BCUT2D eigenvalue weighted by Gasteiger charge is 2.23. The minimum Gasteiger partial charge on any atom is -0.489 e. The van der Waals surface area contributed by atoms with Crippen molar-refractivity contribution in [1.29, 1.82) is 0 Å². The first-order valence-electron chi connectivity index (χ1n) is 9.53. The second-order valence-electron chi connectivity index (χ2n) is 7.02. The third-order valence-corrected chi connectivity index (χ3v) is 5.53. The smallest absolute Gasteiger partial charge is 0.138 e. The summed E-state index contributed by atoms with van der Waals surface area (Å²) in [7, 11) is 0. The van der Waals surface area contributed by atoms with E-state index in [9.17, 15) is 0 Å². The fourth-order valence-corrected chi connectivity index (χ4v) is 3.91. The zero-order valence-corrected chi connectivity index (χ0v) is 15.7. The molecule has 2 saturated heterocycles. The first-order chi connectivity index (χ1) is 12.8. The molecule has 3 heterocycles. The van der Waals surface area contributed by atoms with Crippen molar-refractivity contribution in [1.82, 2.24) is 9.97 Å². The van der Waals surface area contributed by atoms with Crippen molar-refractivity contribution in [3.8, 4) is 5.75 Å². The minimum atomic E-state index is 0.203. The Hall–Kier alpha value is -2.01. The second kappa shape index (κ2) is 8.12. The zero-order chi connectivity index (χ0) is 17.8. The van der Waals surface area contributed by atoms with E-state index in [2.05, 4.69) is 25.8 Å². The monoisotopic (exact) mass is 372 g/mol. The first kappa shape index (κ1) is 17.4. The number of halogens is 1. The van der Waals surface area contributed by atoms with Crippen LogP contribution in [0.2, 0.25) is 5.02 Å². The molecule has 2 aromatic rings. The number of benzene rings is 1. The summed E-state index contributed by atoms with van der Waals surface area (Å²) in [5.41, 5.74) is 0. The molecule has 2 aliphatic rings.